The fourth-order valence-corrected chi connectivity index (χ4v) is 1.49. The van der Waals surface area contributed by atoms with Crippen LogP contribution in [0.3, 0.4) is 0 Å². The van der Waals surface area contributed by atoms with Gasteiger partial charge in [-0.15, -0.1) is 0 Å². The van der Waals surface area contributed by atoms with E-state index in [1.54, 1.807) is 12.1 Å². The second-order valence-corrected chi connectivity index (χ2v) is 3.91. The molecule has 0 radical (unpaired) electrons. The van der Waals surface area contributed by atoms with E-state index in [4.69, 9.17) is 4.89 Å². The molecule has 15 heavy (non-hydrogen) atoms. The van der Waals surface area contributed by atoms with Crippen molar-refractivity contribution in [2.24, 2.45) is 0 Å². The first-order valence-corrected chi connectivity index (χ1v) is 6.23. The molecule has 0 heterocycles. The zero-order valence-corrected chi connectivity index (χ0v) is 9.69. The Bertz CT molecular complexity index is 313. The van der Waals surface area contributed by atoms with Gasteiger partial charge in [-0.25, -0.2) is 4.57 Å². The summed E-state index contributed by atoms with van der Waals surface area (Å²) < 4.78 is 15.1. The van der Waals surface area contributed by atoms with Gasteiger partial charge >= 0.3 is 8.25 Å². The molecule has 1 atom stereocenters. The molecule has 1 aromatic rings. The van der Waals surface area contributed by atoms with E-state index in [-0.39, 0.29) is 0 Å². The third-order valence-corrected chi connectivity index (χ3v) is 2.33. The van der Waals surface area contributed by atoms with Crippen molar-refractivity contribution in [3.8, 4) is 5.75 Å². The number of hydrogen-bond acceptors (Lipinski definition) is 3. The molecule has 0 amide bonds. The fourth-order valence-electron chi connectivity index (χ4n) is 1.15. The molecular weight excluding hydrogens is 213 g/mol. The minimum atomic E-state index is -2.89. The summed E-state index contributed by atoms with van der Waals surface area (Å²) in [5.41, 5.74) is 0.994. The third kappa shape index (κ3) is 4.86. The molecule has 1 rings (SSSR count). The average Bonchev–Trinajstić information content (AvgIpc) is 2.20. The molecule has 1 unspecified atom stereocenters. The van der Waals surface area contributed by atoms with Gasteiger partial charge in [0, 0.05) is 12.2 Å². The van der Waals surface area contributed by atoms with Gasteiger partial charge < -0.3 is 14.7 Å². The Morgan fingerprint density at radius 2 is 2.07 bits per heavy atom. The largest absolute Gasteiger partial charge is 0.426 e. The first kappa shape index (κ1) is 12.1. The lowest BCUT2D eigenvalue weighted by Crippen LogP contribution is -2.00. The summed E-state index contributed by atoms with van der Waals surface area (Å²) in [5.74, 6) is 0.419. The van der Waals surface area contributed by atoms with Crippen molar-refractivity contribution in [1.82, 2.24) is 0 Å². The third-order valence-electron chi connectivity index (χ3n) is 1.92. The van der Waals surface area contributed by atoms with Crippen LogP contribution in [0, 0.1) is 0 Å². The summed E-state index contributed by atoms with van der Waals surface area (Å²) in [6.07, 6.45) is 2.28. The molecule has 0 aliphatic rings. The van der Waals surface area contributed by atoms with E-state index < -0.39 is 8.25 Å². The Labute approximate surface area is 90.2 Å². The van der Waals surface area contributed by atoms with Gasteiger partial charge in [-0.3, -0.25) is 0 Å². The highest BCUT2D eigenvalue weighted by Gasteiger charge is 1.97. The predicted molar refractivity (Wildman–Crippen MR) is 61.7 cm³/mol. The fraction of sp³-hybridized carbons (Fsp3) is 0.400. The molecule has 0 bridgehead atoms. The number of rotatable bonds is 6. The zero-order chi connectivity index (χ0) is 11.1. The summed E-state index contributed by atoms with van der Waals surface area (Å²) >= 11 is 0. The topological polar surface area (TPSA) is 58.6 Å². The summed E-state index contributed by atoms with van der Waals surface area (Å²) in [5, 5.41) is 3.24. The monoisotopic (exact) mass is 229 g/mol. The van der Waals surface area contributed by atoms with Crippen molar-refractivity contribution in [3.63, 3.8) is 0 Å². The lowest BCUT2D eigenvalue weighted by atomic mass is 10.3. The van der Waals surface area contributed by atoms with E-state index >= 15 is 0 Å². The van der Waals surface area contributed by atoms with Crippen molar-refractivity contribution in [2.45, 2.75) is 19.8 Å². The van der Waals surface area contributed by atoms with Crippen LogP contribution in [-0.2, 0) is 4.57 Å². The van der Waals surface area contributed by atoms with Crippen LogP contribution in [0.2, 0.25) is 0 Å². The van der Waals surface area contributed by atoms with Crippen LogP contribution in [-0.4, -0.2) is 11.4 Å². The quantitative estimate of drug-likeness (QED) is 0.581. The van der Waals surface area contributed by atoms with Gasteiger partial charge in [0.15, 0.2) is 0 Å². The molecule has 0 saturated heterocycles. The number of unbranched alkanes of at least 4 members (excludes halogenated alkanes) is 1. The number of anilines is 1. The van der Waals surface area contributed by atoms with Gasteiger partial charge in [-0.2, -0.15) is 0 Å². The van der Waals surface area contributed by atoms with Crippen molar-refractivity contribution in [2.75, 3.05) is 11.9 Å². The van der Waals surface area contributed by atoms with Crippen molar-refractivity contribution < 1.29 is 14.0 Å². The molecule has 0 saturated carbocycles. The van der Waals surface area contributed by atoms with Crippen LogP contribution in [0.15, 0.2) is 24.3 Å². The Balaban J connectivity index is 2.45. The van der Waals surface area contributed by atoms with E-state index in [0.717, 1.165) is 25.1 Å². The smallest absolute Gasteiger partial charge is 0.365 e. The molecule has 0 spiro atoms. The minimum Gasteiger partial charge on any atom is -0.426 e. The standard InChI is InChI=1S/C10H16NO3P/c1-2-3-8-11-9-4-6-10(7-5-9)14-15(12)13/h4-7,11,15H,2-3,8H2,1H3,(H,12,13). The molecule has 0 fully saturated rings. The molecule has 4 nitrogen and oxygen atoms in total. The minimum absolute atomic E-state index is 0.419. The van der Waals surface area contributed by atoms with Crippen molar-refractivity contribution in [1.29, 1.82) is 0 Å². The molecule has 0 aromatic heterocycles. The first-order chi connectivity index (χ1) is 7.22. The van der Waals surface area contributed by atoms with Crippen LogP contribution in [0.4, 0.5) is 5.69 Å². The summed E-state index contributed by atoms with van der Waals surface area (Å²) in [6, 6.07) is 7.01. The molecule has 1 aromatic carbocycles. The number of benzene rings is 1. The number of nitrogens with one attached hydrogen (secondary N) is 1. The lowest BCUT2D eigenvalue weighted by Gasteiger charge is -2.06. The van der Waals surface area contributed by atoms with Crippen molar-refractivity contribution in [3.05, 3.63) is 24.3 Å². The predicted octanol–water partition coefficient (Wildman–Crippen LogP) is 2.66. The van der Waals surface area contributed by atoms with E-state index in [0.29, 0.717) is 5.75 Å². The molecule has 0 aliphatic carbocycles. The second kappa shape index (κ2) is 6.49. The SMILES string of the molecule is CCCCNc1ccc(O[PH](=O)O)cc1. The van der Waals surface area contributed by atoms with E-state index in [1.807, 2.05) is 12.1 Å². The van der Waals surface area contributed by atoms with Gasteiger partial charge in [0.05, 0.1) is 0 Å². The highest BCUT2D eigenvalue weighted by molar-refractivity contribution is 7.32. The Hall–Kier alpha value is -0.990. The van der Waals surface area contributed by atoms with Crippen LogP contribution in [0.25, 0.3) is 0 Å². The van der Waals surface area contributed by atoms with E-state index in [9.17, 15) is 4.57 Å². The van der Waals surface area contributed by atoms with Crippen LogP contribution in [0.5, 0.6) is 5.75 Å². The maximum absolute atomic E-state index is 10.4. The normalized spacial score (nSPS) is 12.1. The van der Waals surface area contributed by atoms with Crippen LogP contribution >= 0.6 is 8.25 Å². The van der Waals surface area contributed by atoms with Crippen LogP contribution in [0.1, 0.15) is 19.8 Å². The Kier molecular flexibility index (Phi) is 5.22. The maximum Gasteiger partial charge on any atom is 0.365 e. The maximum atomic E-state index is 10.4. The lowest BCUT2D eigenvalue weighted by molar-refractivity contribution is 0.410. The van der Waals surface area contributed by atoms with Gasteiger partial charge in [-0.05, 0) is 30.7 Å². The van der Waals surface area contributed by atoms with Gasteiger partial charge in [0.25, 0.3) is 0 Å². The highest BCUT2D eigenvalue weighted by Crippen LogP contribution is 2.24. The summed E-state index contributed by atoms with van der Waals surface area (Å²) in [6.45, 7) is 3.07. The van der Waals surface area contributed by atoms with Gasteiger partial charge in [0.2, 0.25) is 0 Å². The van der Waals surface area contributed by atoms with E-state index in [1.165, 1.54) is 0 Å². The van der Waals surface area contributed by atoms with Crippen molar-refractivity contribution >= 4 is 13.9 Å². The second-order valence-electron chi connectivity index (χ2n) is 3.17. The highest BCUT2D eigenvalue weighted by atomic mass is 31.1. The molecule has 2 N–H and O–H groups in total. The van der Waals surface area contributed by atoms with E-state index in [2.05, 4.69) is 16.8 Å². The average molecular weight is 229 g/mol. The zero-order valence-electron chi connectivity index (χ0n) is 8.69. The summed E-state index contributed by atoms with van der Waals surface area (Å²) in [7, 11) is -2.89. The number of hydrogen-bond donors (Lipinski definition) is 2. The molecule has 0 aliphatic heterocycles. The van der Waals surface area contributed by atoms with Gasteiger partial charge in [-0.1, -0.05) is 13.3 Å². The Morgan fingerprint density at radius 1 is 1.40 bits per heavy atom. The molecular formula is C10H16NO3P. The molecule has 84 valence electrons. The van der Waals surface area contributed by atoms with Gasteiger partial charge in [0.1, 0.15) is 5.75 Å². The van der Waals surface area contributed by atoms with Crippen LogP contribution < -0.4 is 9.84 Å². The Morgan fingerprint density at radius 3 is 2.60 bits per heavy atom. The molecule has 5 heteroatoms. The first-order valence-electron chi connectivity index (χ1n) is 4.97. The summed E-state index contributed by atoms with van der Waals surface area (Å²) in [4.78, 5) is 8.56.